The minimum Gasteiger partial charge on any atom is -0.465 e. The number of Topliss-reactive ketones (excluding diaryl/α,β-unsaturated/α-hetero) is 1. The summed E-state index contributed by atoms with van der Waals surface area (Å²) in [5.74, 6) is 1.29. The summed E-state index contributed by atoms with van der Waals surface area (Å²) in [5, 5.41) is 0. The van der Waals surface area contributed by atoms with Crippen LogP contribution in [0.25, 0.3) is 0 Å². The number of carbonyl (C=O) groups is 2. The number of esters is 1. The molecule has 3 atom stereocenters. The summed E-state index contributed by atoms with van der Waals surface area (Å²) in [7, 11) is 1.37. The molecule has 2 heterocycles. The summed E-state index contributed by atoms with van der Waals surface area (Å²) in [5.41, 5.74) is 2.44. The molecular weight excluding hydrogens is 316 g/mol. The first kappa shape index (κ1) is 18.2. The van der Waals surface area contributed by atoms with Crippen LogP contribution in [0.2, 0.25) is 0 Å². The molecule has 3 rings (SSSR count). The van der Waals surface area contributed by atoms with E-state index in [9.17, 15) is 9.59 Å². The van der Waals surface area contributed by atoms with Gasteiger partial charge in [0.1, 0.15) is 0 Å². The minimum absolute atomic E-state index is 0.0741. The molecule has 138 valence electrons. The Morgan fingerprint density at radius 1 is 1.16 bits per heavy atom. The van der Waals surface area contributed by atoms with Crippen LogP contribution >= 0.6 is 0 Å². The summed E-state index contributed by atoms with van der Waals surface area (Å²) in [6, 6.07) is -0.162. The van der Waals surface area contributed by atoms with E-state index in [0.717, 1.165) is 24.9 Å². The number of hydrogen-bond donors (Lipinski definition) is 1. The molecule has 5 nitrogen and oxygen atoms in total. The number of aromatic amines is 1. The molecule has 0 unspecified atom stereocenters. The molecule has 1 saturated heterocycles. The zero-order valence-electron chi connectivity index (χ0n) is 15.9. The molecule has 2 aliphatic rings. The Balaban J connectivity index is 1.76. The first-order valence-electron chi connectivity index (χ1n) is 9.49. The lowest BCUT2D eigenvalue weighted by atomic mass is 9.75. The third-order valence-corrected chi connectivity index (χ3v) is 6.32. The molecule has 0 amide bonds. The highest BCUT2D eigenvalue weighted by atomic mass is 16.5. The molecule has 0 radical (unpaired) electrons. The zero-order chi connectivity index (χ0) is 18.1. The highest BCUT2D eigenvalue weighted by Crippen LogP contribution is 2.37. The number of aryl methyl sites for hydroxylation is 1. The van der Waals surface area contributed by atoms with E-state index in [0.29, 0.717) is 22.5 Å². The molecule has 1 N–H and O–H groups in total. The number of ketones is 1. The van der Waals surface area contributed by atoms with Crippen molar-refractivity contribution in [3.05, 3.63) is 22.5 Å². The van der Waals surface area contributed by atoms with Crippen LogP contribution in [-0.2, 0) is 4.74 Å². The number of methoxy groups -OCH3 is 1. The number of aromatic nitrogens is 1. The van der Waals surface area contributed by atoms with Gasteiger partial charge in [-0.15, -0.1) is 0 Å². The number of nitrogens with one attached hydrogen (secondary N) is 1. The van der Waals surface area contributed by atoms with Crippen molar-refractivity contribution >= 4 is 11.8 Å². The maximum absolute atomic E-state index is 13.1. The molecule has 1 saturated carbocycles. The van der Waals surface area contributed by atoms with Crippen LogP contribution in [0.15, 0.2) is 0 Å². The van der Waals surface area contributed by atoms with E-state index >= 15 is 0 Å². The molecule has 2 fully saturated rings. The van der Waals surface area contributed by atoms with E-state index in [4.69, 9.17) is 4.74 Å². The zero-order valence-corrected chi connectivity index (χ0v) is 15.9. The Morgan fingerprint density at radius 2 is 1.84 bits per heavy atom. The van der Waals surface area contributed by atoms with Gasteiger partial charge in [-0.25, -0.2) is 4.79 Å². The standard InChI is InChI=1S/C20H30N2O3/c1-12-17(20(24)25-4)13(2)21-18(12)19(23)14(3)22-10-9-15-7-5-6-8-16(15)11-22/h14-16,21H,5-11H2,1-4H3/t14-,15+,16-/m1/s1. The fourth-order valence-electron chi connectivity index (χ4n) is 4.76. The van der Waals surface area contributed by atoms with E-state index in [1.54, 1.807) is 0 Å². The molecule has 0 aromatic carbocycles. The SMILES string of the molecule is COC(=O)c1c(C)[nH]c(C(=O)[C@@H](C)N2CC[C@@H]3CCCC[C@@H]3C2)c1C. The fraction of sp³-hybridized carbons (Fsp3) is 0.700. The lowest BCUT2D eigenvalue weighted by Crippen LogP contribution is -2.48. The van der Waals surface area contributed by atoms with Crippen LogP contribution in [0.3, 0.4) is 0 Å². The van der Waals surface area contributed by atoms with Gasteiger partial charge in [0.15, 0.2) is 5.78 Å². The third kappa shape index (κ3) is 3.39. The summed E-state index contributed by atoms with van der Waals surface area (Å²) in [6.45, 7) is 7.66. The first-order chi connectivity index (χ1) is 11.9. The molecular formula is C20H30N2O3. The van der Waals surface area contributed by atoms with Crippen molar-refractivity contribution in [1.29, 1.82) is 0 Å². The topological polar surface area (TPSA) is 62.4 Å². The van der Waals surface area contributed by atoms with Gasteiger partial charge in [0.25, 0.3) is 0 Å². The van der Waals surface area contributed by atoms with Crippen LogP contribution in [0.4, 0.5) is 0 Å². The Labute approximate surface area is 150 Å². The van der Waals surface area contributed by atoms with Crippen molar-refractivity contribution in [1.82, 2.24) is 9.88 Å². The van der Waals surface area contributed by atoms with Crippen molar-refractivity contribution in [3.8, 4) is 0 Å². The molecule has 1 aromatic rings. The minimum atomic E-state index is -0.388. The van der Waals surface area contributed by atoms with Crippen molar-refractivity contribution < 1.29 is 14.3 Å². The van der Waals surface area contributed by atoms with Crippen LogP contribution in [0.1, 0.15) is 71.1 Å². The quantitative estimate of drug-likeness (QED) is 0.669. The predicted molar refractivity (Wildman–Crippen MR) is 97.0 cm³/mol. The van der Waals surface area contributed by atoms with Gasteiger partial charge in [-0.3, -0.25) is 9.69 Å². The van der Waals surface area contributed by atoms with Gasteiger partial charge in [0, 0.05) is 12.2 Å². The maximum Gasteiger partial charge on any atom is 0.339 e. The number of ether oxygens (including phenoxy) is 1. The number of H-pyrrole nitrogens is 1. The predicted octanol–water partition coefficient (Wildman–Crippen LogP) is 3.50. The van der Waals surface area contributed by atoms with Gasteiger partial charge in [-0.05, 0) is 57.6 Å². The molecule has 5 heteroatoms. The van der Waals surface area contributed by atoms with Gasteiger partial charge in [0.05, 0.1) is 24.4 Å². The number of rotatable bonds is 4. The average molecular weight is 346 g/mol. The highest BCUT2D eigenvalue weighted by molar-refractivity contribution is 6.03. The van der Waals surface area contributed by atoms with Crippen molar-refractivity contribution in [3.63, 3.8) is 0 Å². The monoisotopic (exact) mass is 346 g/mol. The van der Waals surface area contributed by atoms with Crippen LogP contribution < -0.4 is 0 Å². The summed E-state index contributed by atoms with van der Waals surface area (Å²) >= 11 is 0. The largest absolute Gasteiger partial charge is 0.465 e. The van der Waals surface area contributed by atoms with Crippen molar-refractivity contribution in [2.75, 3.05) is 20.2 Å². The van der Waals surface area contributed by atoms with Crippen LogP contribution in [-0.4, -0.2) is 47.9 Å². The average Bonchev–Trinajstić information content (AvgIpc) is 2.93. The second kappa shape index (κ2) is 7.32. The summed E-state index contributed by atoms with van der Waals surface area (Å²) < 4.78 is 4.85. The number of piperidine rings is 1. The van der Waals surface area contributed by atoms with E-state index in [2.05, 4.69) is 9.88 Å². The number of hydrogen-bond acceptors (Lipinski definition) is 4. The molecule has 1 aliphatic carbocycles. The second-order valence-corrected chi connectivity index (χ2v) is 7.75. The summed E-state index contributed by atoms with van der Waals surface area (Å²) in [6.07, 6.45) is 6.56. The molecule has 1 aliphatic heterocycles. The fourth-order valence-corrected chi connectivity index (χ4v) is 4.76. The van der Waals surface area contributed by atoms with Gasteiger partial charge >= 0.3 is 5.97 Å². The van der Waals surface area contributed by atoms with Gasteiger partial charge < -0.3 is 9.72 Å². The second-order valence-electron chi connectivity index (χ2n) is 7.75. The van der Waals surface area contributed by atoms with E-state index in [1.807, 2.05) is 20.8 Å². The summed E-state index contributed by atoms with van der Waals surface area (Å²) in [4.78, 5) is 30.5. The Hall–Kier alpha value is -1.62. The van der Waals surface area contributed by atoms with Crippen LogP contribution in [0.5, 0.6) is 0 Å². The van der Waals surface area contributed by atoms with Crippen molar-refractivity contribution in [2.24, 2.45) is 11.8 Å². The number of likely N-dealkylation sites (tertiary alicyclic amines) is 1. The molecule has 0 spiro atoms. The van der Waals surface area contributed by atoms with Crippen LogP contribution in [0, 0.1) is 25.7 Å². The van der Waals surface area contributed by atoms with Gasteiger partial charge in [-0.2, -0.15) is 0 Å². The number of fused-ring (bicyclic) bond motifs is 1. The molecule has 25 heavy (non-hydrogen) atoms. The lowest BCUT2D eigenvalue weighted by Gasteiger charge is -2.43. The first-order valence-corrected chi connectivity index (χ1v) is 9.49. The van der Waals surface area contributed by atoms with E-state index < -0.39 is 0 Å². The third-order valence-electron chi connectivity index (χ3n) is 6.32. The van der Waals surface area contributed by atoms with E-state index in [1.165, 1.54) is 39.2 Å². The Kier molecular flexibility index (Phi) is 5.32. The maximum atomic E-state index is 13.1. The molecule has 1 aromatic heterocycles. The van der Waals surface area contributed by atoms with Crippen molar-refractivity contribution in [2.45, 2.75) is 58.9 Å². The lowest BCUT2D eigenvalue weighted by molar-refractivity contribution is 0.0515. The Morgan fingerprint density at radius 3 is 2.52 bits per heavy atom. The normalized spacial score (nSPS) is 25.3. The Bertz CT molecular complexity index is 664. The smallest absolute Gasteiger partial charge is 0.339 e. The number of nitrogens with zero attached hydrogens (tertiary/aromatic N) is 1. The van der Waals surface area contributed by atoms with Gasteiger partial charge in [-0.1, -0.05) is 19.3 Å². The van der Waals surface area contributed by atoms with E-state index in [-0.39, 0.29) is 17.8 Å². The van der Waals surface area contributed by atoms with Gasteiger partial charge in [0.2, 0.25) is 0 Å². The number of carbonyl (C=O) groups excluding carboxylic acids is 2. The highest BCUT2D eigenvalue weighted by Gasteiger charge is 2.35. The molecule has 0 bridgehead atoms.